The number of hydrogen-bond donors (Lipinski definition) is 1. The number of hydrogen-bond acceptors (Lipinski definition) is 3. The van der Waals surface area contributed by atoms with Gasteiger partial charge in [0.05, 0.1) is 11.0 Å². The van der Waals surface area contributed by atoms with Crippen molar-refractivity contribution in [3.05, 3.63) is 0 Å². The van der Waals surface area contributed by atoms with Gasteiger partial charge in [0, 0.05) is 6.54 Å². The molecule has 1 aliphatic carbocycles. The summed E-state index contributed by atoms with van der Waals surface area (Å²) >= 11 is 0. The Hall–Kier alpha value is -0.0900. The number of sulfone groups is 1. The summed E-state index contributed by atoms with van der Waals surface area (Å²) in [6.07, 6.45) is 4.01. The highest BCUT2D eigenvalue weighted by molar-refractivity contribution is 7.92. The Morgan fingerprint density at radius 3 is 2.67 bits per heavy atom. The molecule has 1 saturated carbocycles. The third kappa shape index (κ3) is 4.11. The van der Waals surface area contributed by atoms with Gasteiger partial charge in [-0.05, 0) is 25.3 Å². The van der Waals surface area contributed by atoms with Crippen molar-refractivity contribution in [2.75, 3.05) is 18.8 Å². The molecule has 0 heterocycles. The molecule has 0 aliphatic heterocycles. The maximum atomic E-state index is 12.0. The predicted molar refractivity (Wildman–Crippen MR) is 63.8 cm³/mol. The highest BCUT2D eigenvalue weighted by Gasteiger charge is 2.29. The second-order valence-electron chi connectivity index (χ2n) is 4.61. The molecule has 0 aromatic carbocycles. The monoisotopic (exact) mass is 233 g/mol. The molecule has 0 bridgehead atoms. The van der Waals surface area contributed by atoms with Crippen LogP contribution >= 0.6 is 0 Å². The maximum Gasteiger partial charge on any atom is 0.154 e. The molecule has 0 aromatic rings. The van der Waals surface area contributed by atoms with Gasteiger partial charge in [-0.15, -0.1) is 0 Å². The van der Waals surface area contributed by atoms with Crippen molar-refractivity contribution in [3.63, 3.8) is 0 Å². The van der Waals surface area contributed by atoms with E-state index in [0.717, 1.165) is 25.8 Å². The molecule has 0 amide bonds. The predicted octanol–water partition coefficient (Wildman–Crippen LogP) is 1.59. The topological polar surface area (TPSA) is 46.2 Å². The van der Waals surface area contributed by atoms with E-state index in [4.69, 9.17) is 0 Å². The standard InChI is InChI=1S/C11H23NO2S/c1-3-12-7-8-15(13,14)11-6-4-5-10(2)9-11/h10-12H,3-9H2,1-2H3. The zero-order valence-electron chi connectivity index (χ0n) is 9.83. The van der Waals surface area contributed by atoms with Gasteiger partial charge < -0.3 is 5.32 Å². The van der Waals surface area contributed by atoms with Gasteiger partial charge in [0.15, 0.2) is 9.84 Å². The van der Waals surface area contributed by atoms with E-state index < -0.39 is 9.84 Å². The molecular formula is C11H23NO2S. The molecule has 0 saturated heterocycles. The Bertz CT molecular complexity index is 274. The zero-order chi connectivity index (χ0) is 11.3. The van der Waals surface area contributed by atoms with Gasteiger partial charge >= 0.3 is 0 Å². The lowest BCUT2D eigenvalue weighted by Gasteiger charge is -2.26. The van der Waals surface area contributed by atoms with Crippen LogP contribution in [0.1, 0.15) is 39.5 Å². The van der Waals surface area contributed by atoms with E-state index in [0.29, 0.717) is 18.2 Å². The molecule has 15 heavy (non-hydrogen) atoms. The number of nitrogens with one attached hydrogen (secondary N) is 1. The van der Waals surface area contributed by atoms with Gasteiger partial charge in [-0.3, -0.25) is 0 Å². The maximum absolute atomic E-state index is 12.0. The van der Waals surface area contributed by atoms with Crippen LogP contribution < -0.4 is 5.32 Å². The van der Waals surface area contributed by atoms with Crippen molar-refractivity contribution in [1.29, 1.82) is 0 Å². The fraction of sp³-hybridized carbons (Fsp3) is 1.00. The van der Waals surface area contributed by atoms with Gasteiger partial charge in [0.1, 0.15) is 0 Å². The first kappa shape index (κ1) is 13.0. The number of rotatable bonds is 5. The summed E-state index contributed by atoms with van der Waals surface area (Å²) in [6.45, 7) is 5.60. The largest absolute Gasteiger partial charge is 0.316 e. The molecule has 2 unspecified atom stereocenters. The quantitative estimate of drug-likeness (QED) is 0.734. The van der Waals surface area contributed by atoms with Crippen LogP contribution in [0.2, 0.25) is 0 Å². The van der Waals surface area contributed by atoms with Crippen LogP contribution in [0.3, 0.4) is 0 Å². The Morgan fingerprint density at radius 1 is 1.33 bits per heavy atom. The summed E-state index contributed by atoms with van der Waals surface area (Å²) in [5.41, 5.74) is 0. The molecule has 3 nitrogen and oxygen atoms in total. The molecule has 0 spiro atoms. The summed E-state index contributed by atoms with van der Waals surface area (Å²) in [5, 5.41) is 3.01. The molecule has 0 radical (unpaired) electrons. The van der Waals surface area contributed by atoms with Crippen LogP contribution in [0.5, 0.6) is 0 Å². The van der Waals surface area contributed by atoms with Crippen LogP contribution in [0.4, 0.5) is 0 Å². The fourth-order valence-electron chi connectivity index (χ4n) is 2.26. The van der Waals surface area contributed by atoms with Gasteiger partial charge in [-0.2, -0.15) is 0 Å². The minimum atomic E-state index is -2.85. The highest BCUT2D eigenvalue weighted by atomic mass is 32.2. The minimum Gasteiger partial charge on any atom is -0.316 e. The summed E-state index contributed by atoms with van der Waals surface area (Å²) in [4.78, 5) is 0. The molecule has 4 heteroatoms. The molecule has 1 aliphatic rings. The van der Waals surface area contributed by atoms with Crippen molar-refractivity contribution in [2.24, 2.45) is 5.92 Å². The van der Waals surface area contributed by atoms with Crippen molar-refractivity contribution >= 4 is 9.84 Å². The summed E-state index contributed by atoms with van der Waals surface area (Å²) in [6, 6.07) is 0. The van der Waals surface area contributed by atoms with E-state index in [2.05, 4.69) is 12.2 Å². The van der Waals surface area contributed by atoms with Crippen LogP contribution in [-0.2, 0) is 9.84 Å². The van der Waals surface area contributed by atoms with E-state index in [1.807, 2.05) is 6.92 Å². The second-order valence-corrected chi connectivity index (χ2v) is 7.01. The summed E-state index contributed by atoms with van der Waals surface area (Å²) in [5.74, 6) is 0.885. The molecule has 1 rings (SSSR count). The van der Waals surface area contributed by atoms with Crippen LogP contribution in [0.25, 0.3) is 0 Å². The zero-order valence-corrected chi connectivity index (χ0v) is 10.6. The van der Waals surface area contributed by atoms with Gasteiger partial charge in [-0.1, -0.05) is 26.7 Å². The molecular weight excluding hydrogens is 210 g/mol. The van der Waals surface area contributed by atoms with Crippen molar-refractivity contribution in [1.82, 2.24) is 5.32 Å². The van der Waals surface area contributed by atoms with Crippen LogP contribution in [-0.4, -0.2) is 32.5 Å². The van der Waals surface area contributed by atoms with Gasteiger partial charge in [0.2, 0.25) is 0 Å². The smallest absolute Gasteiger partial charge is 0.154 e. The third-order valence-electron chi connectivity index (χ3n) is 3.21. The van der Waals surface area contributed by atoms with E-state index in [-0.39, 0.29) is 5.25 Å². The molecule has 0 aromatic heterocycles. The Morgan fingerprint density at radius 2 is 2.07 bits per heavy atom. The average molecular weight is 233 g/mol. The van der Waals surface area contributed by atoms with E-state index in [1.165, 1.54) is 6.42 Å². The first-order valence-corrected chi connectivity index (χ1v) is 7.70. The van der Waals surface area contributed by atoms with Gasteiger partial charge in [0.25, 0.3) is 0 Å². The van der Waals surface area contributed by atoms with Crippen molar-refractivity contribution in [3.8, 4) is 0 Å². The lowest BCUT2D eigenvalue weighted by molar-refractivity contribution is 0.382. The Balaban J connectivity index is 2.45. The highest BCUT2D eigenvalue weighted by Crippen LogP contribution is 2.28. The first-order valence-electron chi connectivity index (χ1n) is 5.98. The Kier molecular flexibility index (Phi) is 5.06. The minimum absolute atomic E-state index is 0.0695. The van der Waals surface area contributed by atoms with E-state index in [9.17, 15) is 8.42 Å². The SMILES string of the molecule is CCNCCS(=O)(=O)C1CCCC(C)C1. The molecule has 1 N–H and O–H groups in total. The normalized spacial score (nSPS) is 27.9. The fourth-order valence-corrected chi connectivity index (χ4v) is 4.17. The van der Waals surface area contributed by atoms with Crippen LogP contribution in [0, 0.1) is 5.92 Å². The molecule has 1 fully saturated rings. The van der Waals surface area contributed by atoms with E-state index >= 15 is 0 Å². The lowest BCUT2D eigenvalue weighted by Crippen LogP contribution is -2.33. The lowest BCUT2D eigenvalue weighted by atomic mass is 9.91. The average Bonchev–Trinajstić information content (AvgIpc) is 2.18. The van der Waals surface area contributed by atoms with E-state index in [1.54, 1.807) is 0 Å². The Labute approximate surface area is 93.6 Å². The van der Waals surface area contributed by atoms with Crippen molar-refractivity contribution in [2.45, 2.75) is 44.8 Å². The third-order valence-corrected chi connectivity index (χ3v) is 5.43. The molecule has 2 atom stereocenters. The second kappa shape index (κ2) is 5.85. The van der Waals surface area contributed by atoms with Crippen LogP contribution in [0.15, 0.2) is 0 Å². The summed E-state index contributed by atoms with van der Waals surface area (Å²) in [7, 11) is -2.85. The van der Waals surface area contributed by atoms with Crippen molar-refractivity contribution < 1.29 is 8.42 Å². The first-order chi connectivity index (χ1) is 7.06. The summed E-state index contributed by atoms with van der Waals surface area (Å²) < 4.78 is 23.9. The van der Waals surface area contributed by atoms with Gasteiger partial charge in [-0.25, -0.2) is 8.42 Å². The molecule has 90 valence electrons.